The van der Waals surface area contributed by atoms with E-state index in [0.29, 0.717) is 31.1 Å². The van der Waals surface area contributed by atoms with Crippen molar-refractivity contribution in [2.24, 2.45) is 29.2 Å². The van der Waals surface area contributed by atoms with Gasteiger partial charge in [0.25, 0.3) is 0 Å². The Kier molecular flexibility index (Phi) is 25.4. The van der Waals surface area contributed by atoms with E-state index in [9.17, 15) is 4.79 Å². The van der Waals surface area contributed by atoms with Crippen molar-refractivity contribution in [1.82, 2.24) is 20.9 Å². The first kappa shape index (κ1) is 51.9. The predicted octanol–water partition coefficient (Wildman–Crippen LogP) is 10.3. The number of nitrogens with two attached hydrogens (primary N) is 2. The minimum atomic E-state index is -0.184. The third-order valence-electron chi connectivity index (χ3n) is 10.7. The highest BCUT2D eigenvalue weighted by Gasteiger charge is 2.28. The van der Waals surface area contributed by atoms with Crippen molar-refractivity contribution in [3.63, 3.8) is 0 Å². The Labute approximate surface area is 359 Å². The number of thioether (sulfide) groups is 1. The molecule has 1 amide bonds. The summed E-state index contributed by atoms with van der Waals surface area (Å²) in [6.07, 6.45) is 12.0. The molecule has 1 rings (SSSR count). The van der Waals surface area contributed by atoms with Crippen LogP contribution in [-0.4, -0.2) is 53.0 Å². The molecule has 0 aliphatic carbocycles. The molecule has 0 saturated carbocycles. The number of aryl methyl sites for hydroxylation is 1. The number of hydrogen-bond donors (Lipinski definition) is 6. The Morgan fingerprint density at radius 1 is 0.914 bits per heavy atom. The standard InChI is InChI=1S/C49H81N7OS/c1-15-22-45(51)39(12)54-46(35(6)7)33-58-47(16-2)40(13)56(17-3)32-20-18-19-24-48(57)55-49(36(8)9)44(23-21-31-52-41(14)50)38(11)53-43-29-27-42(28-30-43)26-25-37(10)34(4)5/h15,17,27-30,34,36,44-47,49,52-54H,1,3,6,10-14,16,18-26,31-33,50-51H2,2,4-5,7-9H3,(H,55,57). The lowest BCUT2D eigenvalue weighted by Gasteiger charge is -2.33. The highest BCUT2D eigenvalue weighted by Crippen LogP contribution is 2.29. The van der Waals surface area contributed by atoms with Gasteiger partial charge in [0, 0.05) is 71.3 Å². The Morgan fingerprint density at radius 2 is 1.59 bits per heavy atom. The van der Waals surface area contributed by atoms with E-state index in [0.717, 1.165) is 92.0 Å². The van der Waals surface area contributed by atoms with Crippen molar-refractivity contribution >= 4 is 23.4 Å². The van der Waals surface area contributed by atoms with Gasteiger partial charge in [0.15, 0.2) is 0 Å². The van der Waals surface area contributed by atoms with Gasteiger partial charge in [0.1, 0.15) is 0 Å². The zero-order valence-corrected chi connectivity index (χ0v) is 38.1. The van der Waals surface area contributed by atoms with Crippen LogP contribution in [0.3, 0.4) is 0 Å². The molecule has 0 spiro atoms. The van der Waals surface area contributed by atoms with Gasteiger partial charge in [0.2, 0.25) is 5.91 Å². The van der Waals surface area contributed by atoms with Crippen LogP contribution in [0, 0.1) is 17.8 Å². The highest BCUT2D eigenvalue weighted by molar-refractivity contribution is 8.00. The van der Waals surface area contributed by atoms with Crippen molar-refractivity contribution < 1.29 is 4.79 Å². The first-order valence-electron chi connectivity index (χ1n) is 21.3. The van der Waals surface area contributed by atoms with Gasteiger partial charge in [-0.05, 0) is 94.0 Å². The molecular weight excluding hydrogens is 735 g/mol. The first-order valence-corrected chi connectivity index (χ1v) is 22.4. The van der Waals surface area contributed by atoms with Crippen LogP contribution in [0.4, 0.5) is 5.69 Å². The largest absolute Gasteiger partial charge is 0.386 e. The van der Waals surface area contributed by atoms with Gasteiger partial charge in [-0.25, -0.2) is 0 Å². The van der Waals surface area contributed by atoms with Crippen LogP contribution in [0.15, 0.2) is 123 Å². The van der Waals surface area contributed by atoms with Gasteiger partial charge in [-0.2, -0.15) is 0 Å². The lowest BCUT2D eigenvalue weighted by atomic mass is 9.84. The number of anilines is 1. The molecule has 5 unspecified atom stereocenters. The SMILES string of the molecule is C=CCC(N)C(=C)NC(CSC(CC)C(=C)N(C=C)CCCCCC(=O)NC(C(C)C)C(CCCNC(=C)N)C(=C)Nc1ccc(CCC(=C)C(C)C)cc1)C(=C)C. The van der Waals surface area contributed by atoms with Crippen LogP contribution >= 0.6 is 11.8 Å². The van der Waals surface area contributed by atoms with E-state index < -0.39 is 0 Å². The quantitative estimate of drug-likeness (QED) is 0.0301. The fourth-order valence-electron chi connectivity index (χ4n) is 6.66. The molecule has 0 saturated heterocycles. The molecule has 0 aliphatic heterocycles. The molecule has 1 aromatic rings. The van der Waals surface area contributed by atoms with E-state index in [2.05, 4.69) is 138 Å². The van der Waals surface area contributed by atoms with Crippen molar-refractivity contribution in [1.29, 1.82) is 0 Å². The summed E-state index contributed by atoms with van der Waals surface area (Å²) in [7, 11) is 0. The highest BCUT2D eigenvalue weighted by atomic mass is 32.2. The summed E-state index contributed by atoms with van der Waals surface area (Å²) in [6.45, 7) is 47.6. The first-order chi connectivity index (χ1) is 27.4. The van der Waals surface area contributed by atoms with E-state index in [1.54, 1.807) is 0 Å². The van der Waals surface area contributed by atoms with Crippen LogP contribution in [0.1, 0.15) is 105 Å². The summed E-state index contributed by atoms with van der Waals surface area (Å²) in [5, 5.41) is 13.8. The van der Waals surface area contributed by atoms with Crippen molar-refractivity contribution in [3.8, 4) is 0 Å². The third-order valence-corrected chi connectivity index (χ3v) is 12.2. The summed E-state index contributed by atoms with van der Waals surface area (Å²) < 4.78 is 0. The minimum absolute atomic E-state index is 0.0116. The van der Waals surface area contributed by atoms with Gasteiger partial charge in [0.05, 0.1) is 11.9 Å². The number of benzene rings is 1. The normalized spacial score (nSPS) is 13.7. The van der Waals surface area contributed by atoms with Crippen LogP contribution < -0.4 is 32.7 Å². The second-order valence-electron chi connectivity index (χ2n) is 16.3. The van der Waals surface area contributed by atoms with Crippen LogP contribution in [0.5, 0.6) is 0 Å². The van der Waals surface area contributed by atoms with Gasteiger partial charge < -0.3 is 37.6 Å². The molecule has 0 aliphatic rings. The number of allylic oxidation sites excluding steroid dienone is 1. The van der Waals surface area contributed by atoms with E-state index in [1.165, 1.54) is 11.1 Å². The maximum Gasteiger partial charge on any atom is 0.220 e. The Hall–Kier alpha value is -4.08. The Balaban J connectivity index is 2.82. The van der Waals surface area contributed by atoms with Gasteiger partial charge >= 0.3 is 0 Å². The number of rotatable bonds is 34. The number of unbranched alkanes of at least 4 members (excludes halogenated alkanes) is 2. The van der Waals surface area contributed by atoms with Crippen molar-refractivity contribution in [3.05, 3.63) is 129 Å². The molecule has 8 N–H and O–H groups in total. The molecule has 0 fully saturated rings. The molecule has 1 aromatic carbocycles. The van der Waals surface area contributed by atoms with E-state index in [-0.39, 0.29) is 41.1 Å². The average Bonchev–Trinajstić information content (AvgIpc) is 3.17. The smallest absolute Gasteiger partial charge is 0.220 e. The molecular formula is C49H81N7OS. The molecule has 58 heavy (non-hydrogen) atoms. The van der Waals surface area contributed by atoms with E-state index in [4.69, 9.17) is 11.5 Å². The minimum Gasteiger partial charge on any atom is -0.386 e. The van der Waals surface area contributed by atoms with Crippen LogP contribution in [0.25, 0.3) is 0 Å². The molecule has 9 heteroatoms. The molecule has 0 bridgehead atoms. The summed E-state index contributed by atoms with van der Waals surface area (Å²) in [6, 6.07) is 8.35. The average molecular weight is 816 g/mol. The van der Waals surface area contributed by atoms with Crippen molar-refractivity contribution in [2.75, 3.05) is 24.2 Å². The number of nitrogens with one attached hydrogen (secondary N) is 4. The predicted molar refractivity (Wildman–Crippen MR) is 257 cm³/mol. The number of carbonyl (C=O) groups is 1. The van der Waals surface area contributed by atoms with Gasteiger partial charge in [-0.1, -0.05) is 116 Å². The third kappa shape index (κ3) is 20.1. The maximum atomic E-state index is 13.5. The molecule has 0 radical (unpaired) electrons. The fraction of sp³-hybridized carbons (Fsp3) is 0.531. The molecule has 5 atom stereocenters. The number of carbonyl (C=O) groups excluding carboxylic acids is 1. The number of amides is 1. The summed E-state index contributed by atoms with van der Waals surface area (Å²) in [5.41, 5.74) is 19.3. The second-order valence-corrected chi connectivity index (χ2v) is 17.5. The summed E-state index contributed by atoms with van der Waals surface area (Å²) in [4.78, 5) is 15.6. The Morgan fingerprint density at radius 3 is 2.14 bits per heavy atom. The topological polar surface area (TPSA) is 120 Å². The van der Waals surface area contributed by atoms with Gasteiger partial charge in [-0.15, -0.1) is 18.3 Å². The van der Waals surface area contributed by atoms with E-state index in [1.807, 2.05) is 31.0 Å². The van der Waals surface area contributed by atoms with Gasteiger partial charge in [-0.3, -0.25) is 4.79 Å². The lowest BCUT2D eigenvalue weighted by Crippen LogP contribution is -2.45. The van der Waals surface area contributed by atoms with E-state index >= 15 is 0 Å². The monoisotopic (exact) mass is 816 g/mol. The lowest BCUT2D eigenvalue weighted by molar-refractivity contribution is -0.122. The van der Waals surface area contributed by atoms with Crippen molar-refractivity contribution in [2.45, 2.75) is 129 Å². The number of hydrogen-bond acceptors (Lipinski definition) is 8. The summed E-state index contributed by atoms with van der Waals surface area (Å²) >= 11 is 1.85. The fourth-order valence-corrected chi connectivity index (χ4v) is 8.02. The second kappa shape index (κ2) is 28.4. The summed E-state index contributed by atoms with van der Waals surface area (Å²) in [5.74, 6) is 2.05. The maximum absolute atomic E-state index is 13.5. The molecule has 324 valence electrons. The van der Waals surface area contributed by atoms with Crippen LogP contribution in [0.2, 0.25) is 0 Å². The molecule has 0 heterocycles. The zero-order valence-electron chi connectivity index (χ0n) is 37.3. The molecule has 0 aromatic heterocycles. The van der Waals surface area contributed by atoms with Crippen LogP contribution in [-0.2, 0) is 11.2 Å². The Bertz CT molecular complexity index is 1500. The molecule has 8 nitrogen and oxygen atoms in total. The number of nitrogens with zero attached hydrogens (tertiary/aromatic N) is 1. The zero-order chi connectivity index (χ0) is 43.8.